The van der Waals surface area contributed by atoms with Crippen LogP contribution in [0.2, 0.25) is 42.8 Å². The Morgan fingerprint density at radius 2 is 1.53 bits per heavy atom. The van der Waals surface area contributed by atoms with E-state index in [2.05, 4.69) is 91.7 Å². The van der Waals surface area contributed by atoms with Crippen LogP contribution in [0, 0.1) is 0 Å². The van der Waals surface area contributed by atoms with E-state index in [0.29, 0.717) is 0 Å². The number of allylic oxidation sites excluding steroid dienone is 3. The molecule has 0 amide bonds. The second-order valence-corrected chi connectivity index (χ2v) is 23.7. The third-order valence-corrected chi connectivity index (χ3v) is 16.6. The summed E-state index contributed by atoms with van der Waals surface area (Å²) in [7, 11) is -3.72. The van der Waals surface area contributed by atoms with Crippen molar-refractivity contribution in [2.45, 2.75) is 167 Å². The van der Waals surface area contributed by atoms with Crippen molar-refractivity contribution in [1.82, 2.24) is 0 Å². The number of unbranched alkanes of at least 4 members (excludes halogenated alkanes) is 6. The molecule has 1 rings (SSSR count). The van der Waals surface area contributed by atoms with Gasteiger partial charge in [0.05, 0.1) is 19.2 Å². The molecule has 0 aromatic heterocycles. The first-order valence-corrected chi connectivity index (χ1v) is 21.3. The van der Waals surface area contributed by atoms with Crippen LogP contribution in [0.25, 0.3) is 0 Å². The van der Waals surface area contributed by atoms with Gasteiger partial charge >= 0.3 is 5.97 Å². The minimum absolute atomic E-state index is 0.0000713. The van der Waals surface area contributed by atoms with E-state index < -0.39 is 16.4 Å². The smallest absolute Gasteiger partial charge is 0.313 e. The van der Waals surface area contributed by atoms with Gasteiger partial charge in [0.2, 0.25) is 0 Å². The number of carbonyl (C=O) groups excluding carboxylic acids is 1. The summed E-state index contributed by atoms with van der Waals surface area (Å²) in [5.74, 6) is 0.0676. The predicted octanol–water partition coefficient (Wildman–Crippen LogP) is 10.2. The highest BCUT2D eigenvalue weighted by molar-refractivity contribution is 6.83. The normalized spacial score (nSPS) is 22.3. The molecule has 3 nitrogen and oxygen atoms in total. The van der Waals surface area contributed by atoms with Gasteiger partial charge < -0.3 is 9.16 Å². The van der Waals surface area contributed by atoms with Gasteiger partial charge in [-0.05, 0) is 50.2 Å². The van der Waals surface area contributed by atoms with Crippen LogP contribution in [-0.4, -0.2) is 34.6 Å². The Balaban J connectivity index is 2.96. The number of esters is 1. The lowest BCUT2D eigenvalue weighted by molar-refractivity contribution is -0.185. The molecule has 1 heterocycles. The molecule has 210 valence electrons. The molecular formula is C31H60O3Si2. The largest absolute Gasteiger partial charge is 0.461 e. The Bertz CT molecular complexity index is 700. The van der Waals surface area contributed by atoms with Crippen LogP contribution < -0.4 is 0 Å². The van der Waals surface area contributed by atoms with Crippen LogP contribution in [0.5, 0.6) is 0 Å². The van der Waals surface area contributed by atoms with E-state index in [1.165, 1.54) is 44.9 Å². The molecule has 3 atom stereocenters. The van der Waals surface area contributed by atoms with Gasteiger partial charge in [0.25, 0.3) is 0 Å². The molecule has 0 spiro atoms. The Labute approximate surface area is 227 Å². The van der Waals surface area contributed by atoms with Gasteiger partial charge in [0.1, 0.15) is 6.10 Å². The molecule has 0 aromatic rings. The topological polar surface area (TPSA) is 35.5 Å². The Kier molecular flexibility index (Phi) is 14.0. The SMILES string of the molecule is CCCCC/C=C\C/C=C\C[C@H](CC1OC(=O)C1(CCCCCC)[Si](C)(C)C)O[Si](C)(C)C(C)(C)C. The number of carbonyl (C=O) groups is 1. The van der Waals surface area contributed by atoms with E-state index in [1.807, 2.05) is 0 Å². The summed E-state index contributed by atoms with van der Waals surface area (Å²) in [5.41, 5.74) is 0. The summed E-state index contributed by atoms with van der Waals surface area (Å²) >= 11 is 0. The molecule has 0 aromatic carbocycles. The lowest BCUT2D eigenvalue weighted by Crippen LogP contribution is -2.63. The summed E-state index contributed by atoms with van der Waals surface area (Å²) in [6.07, 6.45) is 22.8. The number of cyclic esters (lactones) is 1. The molecule has 5 heteroatoms. The Hall–Kier alpha value is -0.656. The van der Waals surface area contributed by atoms with E-state index >= 15 is 0 Å². The van der Waals surface area contributed by atoms with Crippen molar-refractivity contribution in [3.63, 3.8) is 0 Å². The zero-order chi connectivity index (χ0) is 27.5. The van der Waals surface area contributed by atoms with Crippen molar-refractivity contribution in [3.8, 4) is 0 Å². The van der Waals surface area contributed by atoms with Crippen LogP contribution >= 0.6 is 0 Å². The summed E-state index contributed by atoms with van der Waals surface area (Å²) < 4.78 is 12.9. The lowest BCUT2D eigenvalue weighted by atomic mass is 9.85. The van der Waals surface area contributed by atoms with Crippen molar-refractivity contribution in [3.05, 3.63) is 24.3 Å². The molecule has 0 N–H and O–H groups in total. The standard InChI is InChI=1S/C31H60O3Si2/c1-11-13-15-17-18-19-20-21-22-24-27(34-36(9,10)30(3,4)5)26-28-31(29(32)33-28,35(6,7)8)25-23-16-14-12-2/h18-19,21-22,27-28H,11-17,20,23-26H2,1-10H3/b19-18-,22-21-/t27-,28?,31?/m1/s1. The average molecular weight is 537 g/mol. The summed E-state index contributed by atoms with van der Waals surface area (Å²) in [5, 5.41) is -0.108. The first-order chi connectivity index (χ1) is 16.7. The van der Waals surface area contributed by atoms with Crippen LogP contribution in [0.3, 0.4) is 0 Å². The molecule has 1 aliphatic rings. The minimum atomic E-state index is -1.94. The van der Waals surface area contributed by atoms with Gasteiger partial charge in [0, 0.05) is 6.42 Å². The molecule has 0 saturated carbocycles. The van der Waals surface area contributed by atoms with Crippen LogP contribution in [0.4, 0.5) is 0 Å². The first-order valence-electron chi connectivity index (χ1n) is 14.9. The summed E-state index contributed by atoms with van der Waals surface area (Å²) in [4.78, 5) is 13.1. The van der Waals surface area contributed by atoms with Crippen molar-refractivity contribution < 1.29 is 14.0 Å². The Morgan fingerprint density at radius 3 is 2.08 bits per heavy atom. The molecule has 36 heavy (non-hydrogen) atoms. The monoisotopic (exact) mass is 536 g/mol. The van der Waals surface area contributed by atoms with Gasteiger partial charge in [0.15, 0.2) is 8.32 Å². The zero-order valence-corrected chi connectivity index (χ0v) is 27.7. The third kappa shape index (κ3) is 9.58. The van der Waals surface area contributed by atoms with Crippen LogP contribution in [-0.2, 0) is 14.0 Å². The molecule has 2 unspecified atom stereocenters. The molecule has 0 bridgehead atoms. The average Bonchev–Trinajstić information content (AvgIpc) is 2.75. The maximum atomic E-state index is 13.1. The van der Waals surface area contributed by atoms with Gasteiger partial charge in [-0.1, -0.05) is 117 Å². The number of ether oxygens (including phenoxy) is 1. The molecular weight excluding hydrogens is 477 g/mol. The van der Waals surface area contributed by atoms with Crippen molar-refractivity contribution in [2.24, 2.45) is 0 Å². The Morgan fingerprint density at radius 1 is 0.917 bits per heavy atom. The summed E-state index contributed by atoms with van der Waals surface area (Å²) in [6.45, 7) is 23.2. The van der Waals surface area contributed by atoms with Gasteiger partial charge in [-0.25, -0.2) is 0 Å². The second kappa shape index (κ2) is 15.1. The maximum absolute atomic E-state index is 13.1. The number of hydrogen-bond donors (Lipinski definition) is 0. The quantitative estimate of drug-likeness (QED) is 0.0756. The fraction of sp³-hybridized carbons (Fsp3) is 0.839. The third-order valence-electron chi connectivity index (χ3n) is 8.65. The fourth-order valence-corrected chi connectivity index (χ4v) is 9.21. The van der Waals surface area contributed by atoms with E-state index in [9.17, 15) is 4.79 Å². The molecule has 1 fully saturated rings. The van der Waals surface area contributed by atoms with Crippen molar-refractivity contribution in [1.29, 1.82) is 0 Å². The van der Waals surface area contributed by atoms with Crippen molar-refractivity contribution >= 4 is 22.4 Å². The first kappa shape index (κ1) is 33.4. The highest BCUT2D eigenvalue weighted by atomic mass is 28.4. The molecule has 1 aliphatic heterocycles. The molecule has 0 aliphatic carbocycles. The highest BCUT2D eigenvalue weighted by Crippen LogP contribution is 2.57. The predicted molar refractivity (Wildman–Crippen MR) is 163 cm³/mol. The fourth-order valence-electron chi connectivity index (χ4n) is 5.09. The summed E-state index contributed by atoms with van der Waals surface area (Å²) in [6, 6.07) is 0. The van der Waals surface area contributed by atoms with Crippen molar-refractivity contribution in [2.75, 3.05) is 0 Å². The zero-order valence-electron chi connectivity index (χ0n) is 25.7. The van der Waals surface area contributed by atoms with E-state index in [-0.39, 0.29) is 28.3 Å². The minimum Gasteiger partial charge on any atom is -0.461 e. The maximum Gasteiger partial charge on any atom is 0.313 e. The van der Waals surface area contributed by atoms with Crippen LogP contribution in [0.15, 0.2) is 24.3 Å². The number of hydrogen-bond acceptors (Lipinski definition) is 3. The van der Waals surface area contributed by atoms with E-state index in [4.69, 9.17) is 9.16 Å². The second-order valence-electron chi connectivity index (χ2n) is 13.6. The molecule has 0 radical (unpaired) electrons. The van der Waals surface area contributed by atoms with Crippen LogP contribution in [0.1, 0.15) is 112 Å². The molecule has 1 saturated heterocycles. The van der Waals surface area contributed by atoms with Gasteiger partial charge in [-0.2, -0.15) is 0 Å². The van der Waals surface area contributed by atoms with E-state index in [1.54, 1.807) is 0 Å². The van der Waals surface area contributed by atoms with Gasteiger partial charge in [-0.15, -0.1) is 0 Å². The van der Waals surface area contributed by atoms with Gasteiger partial charge in [-0.3, -0.25) is 4.79 Å². The lowest BCUT2D eigenvalue weighted by Gasteiger charge is -2.55. The highest BCUT2D eigenvalue weighted by Gasteiger charge is 2.64. The number of rotatable bonds is 18. The van der Waals surface area contributed by atoms with E-state index in [0.717, 1.165) is 32.1 Å².